The molecule has 0 radical (unpaired) electrons. The molecule has 0 amide bonds. The standard InChI is InChI=1S/C15H10F3N5O/c16-15(17,18)9-3-1-2-8(6-9)11-4-5-22-13-10(7-20-23(11)13)12(24)21-14(22)19/h1-4,6-7H,5H2,(H2,19,21,24). The lowest BCUT2D eigenvalue weighted by molar-refractivity contribution is -0.137. The van der Waals surface area contributed by atoms with Crippen LogP contribution in [0.4, 0.5) is 19.1 Å². The van der Waals surface area contributed by atoms with Crippen LogP contribution < -0.4 is 11.3 Å². The van der Waals surface area contributed by atoms with E-state index in [9.17, 15) is 18.0 Å². The van der Waals surface area contributed by atoms with E-state index in [0.29, 0.717) is 16.9 Å². The molecule has 0 saturated heterocycles. The molecule has 3 heterocycles. The summed E-state index contributed by atoms with van der Waals surface area (Å²) in [6, 6.07) is 4.96. The van der Waals surface area contributed by atoms with Crippen molar-refractivity contribution in [2.24, 2.45) is 0 Å². The second-order valence-electron chi connectivity index (χ2n) is 5.35. The van der Waals surface area contributed by atoms with Crippen LogP contribution in [0.15, 0.2) is 41.3 Å². The highest BCUT2D eigenvalue weighted by atomic mass is 19.4. The van der Waals surface area contributed by atoms with Gasteiger partial charge in [-0.25, -0.2) is 4.68 Å². The SMILES string of the molecule is Nc1nc(=O)c2cnn3c2n1CC=C3c1cccc(C(F)(F)F)c1. The number of hydrogen-bond donors (Lipinski definition) is 1. The van der Waals surface area contributed by atoms with E-state index in [2.05, 4.69) is 10.1 Å². The Morgan fingerprint density at radius 1 is 1.25 bits per heavy atom. The normalized spacial score (nSPS) is 14.0. The molecule has 1 aliphatic rings. The molecule has 1 aromatic carbocycles. The monoisotopic (exact) mass is 333 g/mol. The van der Waals surface area contributed by atoms with E-state index >= 15 is 0 Å². The van der Waals surface area contributed by atoms with Crippen molar-refractivity contribution in [3.05, 3.63) is 58.0 Å². The van der Waals surface area contributed by atoms with Crippen molar-refractivity contribution in [3.63, 3.8) is 0 Å². The molecule has 6 nitrogen and oxygen atoms in total. The van der Waals surface area contributed by atoms with Crippen LogP contribution in [0.25, 0.3) is 16.7 Å². The van der Waals surface area contributed by atoms with Gasteiger partial charge in [0, 0.05) is 12.1 Å². The molecule has 0 aliphatic carbocycles. The maximum atomic E-state index is 12.9. The Bertz CT molecular complexity index is 1060. The summed E-state index contributed by atoms with van der Waals surface area (Å²) in [5.74, 6) is 0.0357. The Balaban J connectivity index is 1.93. The van der Waals surface area contributed by atoms with Crippen molar-refractivity contribution in [2.75, 3.05) is 5.73 Å². The van der Waals surface area contributed by atoms with Crippen molar-refractivity contribution < 1.29 is 13.2 Å². The predicted molar refractivity (Wildman–Crippen MR) is 81.0 cm³/mol. The summed E-state index contributed by atoms with van der Waals surface area (Å²) in [4.78, 5) is 15.6. The number of allylic oxidation sites excluding steroid dienone is 1. The van der Waals surface area contributed by atoms with Crippen LogP contribution in [-0.2, 0) is 12.7 Å². The lowest BCUT2D eigenvalue weighted by atomic mass is 10.1. The van der Waals surface area contributed by atoms with Crippen LogP contribution in [0.3, 0.4) is 0 Å². The first kappa shape index (κ1) is 14.5. The first-order chi connectivity index (χ1) is 11.4. The van der Waals surface area contributed by atoms with Crippen molar-refractivity contribution in [1.29, 1.82) is 0 Å². The Morgan fingerprint density at radius 2 is 2.04 bits per heavy atom. The van der Waals surface area contributed by atoms with Gasteiger partial charge >= 0.3 is 6.18 Å². The summed E-state index contributed by atoms with van der Waals surface area (Å²) in [6.45, 7) is 0.285. The molecule has 0 spiro atoms. The van der Waals surface area contributed by atoms with Gasteiger partial charge < -0.3 is 5.73 Å². The Kier molecular flexibility index (Phi) is 2.84. The molecule has 1 aliphatic heterocycles. The highest BCUT2D eigenvalue weighted by molar-refractivity contribution is 5.83. The average molecular weight is 333 g/mol. The summed E-state index contributed by atoms with van der Waals surface area (Å²) in [7, 11) is 0. The smallest absolute Gasteiger partial charge is 0.369 e. The molecule has 2 aromatic heterocycles. The second kappa shape index (κ2) is 4.70. The molecule has 0 fully saturated rings. The van der Waals surface area contributed by atoms with E-state index in [1.807, 2.05) is 0 Å². The molecule has 9 heteroatoms. The third kappa shape index (κ3) is 2.01. The number of rotatable bonds is 1. The fourth-order valence-electron chi connectivity index (χ4n) is 2.80. The number of anilines is 1. The minimum absolute atomic E-state index is 0.0357. The van der Waals surface area contributed by atoms with Gasteiger partial charge in [-0.3, -0.25) is 9.36 Å². The summed E-state index contributed by atoms with van der Waals surface area (Å²) < 4.78 is 41.8. The zero-order valence-electron chi connectivity index (χ0n) is 12.1. The van der Waals surface area contributed by atoms with Crippen LogP contribution in [0, 0.1) is 0 Å². The van der Waals surface area contributed by atoms with Gasteiger partial charge in [0.25, 0.3) is 5.56 Å². The molecular weight excluding hydrogens is 323 g/mol. The molecular formula is C15H10F3N5O. The molecule has 0 atom stereocenters. The number of halogens is 3. The first-order valence-corrected chi connectivity index (χ1v) is 6.98. The maximum absolute atomic E-state index is 12.9. The molecule has 4 rings (SSSR count). The van der Waals surface area contributed by atoms with E-state index in [4.69, 9.17) is 5.73 Å². The zero-order chi connectivity index (χ0) is 17.1. The quantitative estimate of drug-likeness (QED) is 0.740. The average Bonchev–Trinajstić information content (AvgIpc) is 2.97. The number of aromatic nitrogens is 4. The minimum atomic E-state index is -4.44. The minimum Gasteiger partial charge on any atom is -0.369 e. The molecule has 122 valence electrons. The van der Waals surface area contributed by atoms with Gasteiger partial charge in [-0.2, -0.15) is 23.3 Å². The van der Waals surface area contributed by atoms with Crippen molar-refractivity contribution >= 4 is 22.7 Å². The molecule has 2 N–H and O–H groups in total. The van der Waals surface area contributed by atoms with Crippen LogP contribution in [0.2, 0.25) is 0 Å². The summed E-state index contributed by atoms with van der Waals surface area (Å²) in [5, 5.41) is 4.39. The zero-order valence-corrected chi connectivity index (χ0v) is 12.1. The van der Waals surface area contributed by atoms with Gasteiger partial charge in [0.15, 0.2) is 5.65 Å². The number of nitrogens with zero attached hydrogens (tertiary/aromatic N) is 4. The fraction of sp³-hybridized carbons (Fsp3) is 0.133. The van der Waals surface area contributed by atoms with Gasteiger partial charge in [-0.05, 0) is 18.2 Å². The second-order valence-corrected chi connectivity index (χ2v) is 5.35. The van der Waals surface area contributed by atoms with Crippen molar-refractivity contribution in [3.8, 4) is 0 Å². The lowest BCUT2D eigenvalue weighted by Crippen LogP contribution is -2.22. The first-order valence-electron chi connectivity index (χ1n) is 6.98. The van der Waals surface area contributed by atoms with Gasteiger partial charge in [0.1, 0.15) is 5.39 Å². The summed E-state index contributed by atoms with van der Waals surface area (Å²) in [6.07, 6.45) is -1.40. The van der Waals surface area contributed by atoms with Crippen LogP contribution in [-0.4, -0.2) is 19.3 Å². The van der Waals surface area contributed by atoms with E-state index in [0.717, 1.165) is 12.1 Å². The van der Waals surface area contributed by atoms with E-state index in [1.54, 1.807) is 16.7 Å². The van der Waals surface area contributed by atoms with Gasteiger partial charge in [-0.15, -0.1) is 0 Å². The summed E-state index contributed by atoms with van der Waals surface area (Å²) >= 11 is 0. The number of benzene rings is 1. The van der Waals surface area contributed by atoms with E-state index in [1.165, 1.54) is 16.9 Å². The molecule has 0 bridgehead atoms. The van der Waals surface area contributed by atoms with Crippen LogP contribution >= 0.6 is 0 Å². The Hall–Kier alpha value is -3.10. The van der Waals surface area contributed by atoms with Crippen LogP contribution in [0.1, 0.15) is 11.1 Å². The Labute approximate surface area is 132 Å². The van der Waals surface area contributed by atoms with Gasteiger partial charge in [-0.1, -0.05) is 12.1 Å². The van der Waals surface area contributed by atoms with E-state index < -0.39 is 17.3 Å². The van der Waals surface area contributed by atoms with Gasteiger partial charge in [0.2, 0.25) is 5.95 Å². The molecule has 3 aromatic rings. The van der Waals surface area contributed by atoms with Crippen LogP contribution in [0.5, 0.6) is 0 Å². The largest absolute Gasteiger partial charge is 0.416 e. The van der Waals surface area contributed by atoms with E-state index in [-0.39, 0.29) is 17.9 Å². The fourth-order valence-corrected chi connectivity index (χ4v) is 2.80. The highest BCUT2D eigenvalue weighted by Crippen LogP contribution is 2.32. The Morgan fingerprint density at radius 3 is 2.79 bits per heavy atom. The number of hydrogen-bond acceptors (Lipinski definition) is 4. The maximum Gasteiger partial charge on any atom is 0.416 e. The molecule has 0 unspecified atom stereocenters. The number of nitrogens with two attached hydrogens (primary N) is 1. The van der Waals surface area contributed by atoms with Crippen molar-refractivity contribution in [1.82, 2.24) is 19.3 Å². The third-order valence-electron chi connectivity index (χ3n) is 3.90. The molecule has 24 heavy (non-hydrogen) atoms. The van der Waals surface area contributed by atoms with Gasteiger partial charge in [0.05, 0.1) is 17.5 Å². The summed E-state index contributed by atoms with van der Waals surface area (Å²) in [5.41, 5.74) is 5.72. The number of nitrogen functional groups attached to an aromatic ring is 1. The number of alkyl halides is 3. The van der Waals surface area contributed by atoms with Crippen molar-refractivity contribution in [2.45, 2.75) is 12.7 Å². The highest BCUT2D eigenvalue weighted by Gasteiger charge is 2.31. The predicted octanol–water partition coefficient (Wildman–Crippen LogP) is 2.10. The topological polar surface area (TPSA) is 78.7 Å². The molecule has 0 saturated carbocycles. The third-order valence-corrected chi connectivity index (χ3v) is 3.90. The lowest BCUT2D eigenvalue weighted by Gasteiger charge is -2.20.